The van der Waals surface area contributed by atoms with Crippen molar-refractivity contribution in [2.75, 3.05) is 9.80 Å². The summed E-state index contributed by atoms with van der Waals surface area (Å²) in [7, 11) is 0. The lowest BCUT2D eigenvalue weighted by atomic mass is 9.93. The maximum Gasteiger partial charge on any atom is 0.187 e. The lowest BCUT2D eigenvalue weighted by molar-refractivity contribution is 1.18. The van der Waals surface area contributed by atoms with Crippen molar-refractivity contribution in [3.8, 4) is 78.1 Å². The maximum absolute atomic E-state index is 7.34. The van der Waals surface area contributed by atoms with Gasteiger partial charge in [0.2, 0.25) is 0 Å². The number of para-hydroxylation sites is 3. The van der Waals surface area contributed by atoms with Crippen LogP contribution in [0.3, 0.4) is 0 Å². The summed E-state index contributed by atoms with van der Waals surface area (Å²) < 4.78 is 4.79. The fourth-order valence-corrected chi connectivity index (χ4v) is 15.8. The SMILES string of the molecule is [C-]#[N+]c1ccc(N(c2ccccc2)c2ccc(-c3ccc(-c4ccc5c6c4ccc4cccc(c46)n5-c4ccccc4)cc3)cc2)cc1.c1ccc(-c2cc(-c3ccccc3)cc(N(c3ccc(-c4ccc(-c5ccc6c7c5ccc5cccc(c57)n6-c5ccccc5)cc4)cc3)c3cccnc3)c2)cc1. The van der Waals surface area contributed by atoms with Crippen LogP contribution in [-0.2, 0) is 0 Å². The first-order valence-electron chi connectivity index (χ1n) is 35.9. The van der Waals surface area contributed by atoms with Gasteiger partial charge in [-0.3, -0.25) is 4.98 Å². The van der Waals surface area contributed by atoms with Gasteiger partial charge in [0.15, 0.2) is 5.69 Å². The largest absolute Gasteiger partial charge is 0.311 e. The van der Waals surface area contributed by atoms with Gasteiger partial charge in [-0.1, -0.05) is 261 Å². The smallest absolute Gasteiger partial charge is 0.187 e. The molecule has 0 aliphatic heterocycles. The molecule has 0 aliphatic carbocycles. The minimum Gasteiger partial charge on any atom is -0.311 e. The van der Waals surface area contributed by atoms with Gasteiger partial charge in [-0.25, -0.2) is 4.85 Å². The van der Waals surface area contributed by atoms with Crippen LogP contribution in [0.2, 0.25) is 0 Å². The Balaban J connectivity index is 0.000000148. The average Bonchev–Trinajstić information content (AvgIpc) is 1.58. The predicted octanol–water partition coefficient (Wildman–Crippen LogP) is 27.6. The van der Waals surface area contributed by atoms with E-state index in [-0.39, 0.29) is 0 Å². The van der Waals surface area contributed by atoms with E-state index in [4.69, 9.17) is 6.57 Å². The van der Waals surface area contributed by atoms with Gasteiger partial charge in [-0.2, -0.15) is 0 Å². The van der Waals surface area contributed by atoms with E-state index in [0.29, 0.717) is 5.69 Å². The molecule has 17 aromatic carbocycles. The van der Waals surface area contributed by atoms with E-state index in [1.807, 2.05) is 60.9 Å². The predicted molar refractivity (Wildman–Crippen MR) is 445 cm³/mol. The highest BCUT2D eigenvalue weighted by molar-refractivity contribution is 6.28. The highest BCUT2D eigenvalue weighted by atomic mass is 15.2. The molecule has 20 rings (SSSR count). The van der Waals surface area contributed by atoms with Crippen molar-refractivity contribution >= 4 is 105 Å². The maximum atomic E-state index is 7.34. The van der Waals surface area contributed by atoms with Crippen molar-refractivity contribution in [2.45, 2.75) is 0 Å². The third-order valence-electron chi connectivity index (χ3n) is 20.8. The van der Waals surface area contributed by atoms with Gasteiger partial charge in [-0.15, -0.1) is 0 Å². The molecule has 0 fully saturated rings. The van der Waals surface area contributed by atoms with Crippen LogP contribution in [0, 0.1) is 6.57 Å². The second-order valence-corrected chi connectivity index (χ2v) is 26.9. The highest BCUT2D eigenvalue weighted by Crippen LogP contribution is 2.47. The lowest BCUT2D eigenvalue weighted by Gasteiger charge is -2.26. The summed E-state index contributed by atoms with van der Waals surface area (Å²) in [6.45, 7) is 7.34. The fraction of sp³-hybridized carbons (Fsp3) is 0. The molecule has 0 spiro atoms. The van der Waals surface area contributed by atoms with Crippen molar-refractivity contribution in [1.29, 1.82) is 0 Å². The highest BCUT2D eigenvalue weighted by Gasteiger charge is 2.23. The summed E-state index contributed by atoms with van der Waals surface area (Å²) in [5.41, 5.74) is 28.4. The summed E-state index contributed by atoms with van der Waals surface area (Å²) >= 11 is 0. The molecule has 0 radical (unpaired) electrons. The Morgan fingerprint density at radius 3 is 1.03 bits per heavy atom. The molecule has 496 valence electrons. The number of aromatic nitrogens is 3. The number of benzene rings is 17. The van der Waals surface area contributed by atoms with E-state index in [2.05, 4.69) is 368 Å². The van der Waals surface area contributed by atoms with Crippen molar-refractivity contribution in [2.24, 2.45) is 0 Å². The topological polar surface area (TPSA) is 33.6 Å². The molecule has 6 heteroatoms. The number of rotatable bonds is 14. The summed E-state index contributed by atoms with van der Waals surface area (Å²) in [6.07, 6.45) is 3.76. The van der Waals surface area contributed by atoms with E-state index in [1.165, 1.54) is 121 Å². The molecule has 20 aromatic rings. The third-order valence-corrected chi connectivity index (χ3v) is 20.8. The molecule has 0 saturated heterocycles. The zero-order valence-corrected chi connectivity index (χ0v) is 57.8. The summed E-state index contributed by atoms with van der Waals surface area (Å²) in [4.78, 5) is 12.6. The zero-order valence-electron chi connectivity index (χ0n) is 57.8. The first kappa shape index (κ1) is 62.6. The van der Waals surface area contributed by atoms with Crippen LogP contribution < -0.4 is 9.80 Å². The van der Waals surface area contributed by atoms with Gasteiger partial charge in [0.05, 0.1) is 40.5 Å². The fourth-order valence-electron chi connectivity index (χ4n) is 15.8. The molecule has 0 bridgehead atoms. The van der Waals surface area contributed by atoms with Crippen LogP contribution in [0.25, 0.3) is 148 Å². The lowest BCUT2D eigenvalue weighted by Crippen LogP contribution is -2.10. The van der Waals surface area contributed by atoms with Crippen LogP contribution in [0.1, 0.15) is 0 Å². The molecule has 0 saturated carbocycles. The minimum absolute atomic E-state index is 0.634. The number of hydrogen-bond acceptors (Lipinski definition) is 3. The Bertz CT molecular complexity index is 6500. The normalized spacial score (nSPS) is 11.4. The zero-order chi connectivity index (χ0) is 70.4. The van der Waals surface area contributed by atoms with Gasteiger partial charge in [-0.05, 0) is 216 Å². The van der Waals surface area contributed by atoms with Crippen molar-refractivity contribution in [3.05, 3.63) is 412 Å². The van der Waals surface area contributed by atoms with Gasteiger partial charge in [0, 0.05) is 67.6 Å². The summed E-state index contributed by atoms with van der Waals surface area (Å²) in [6, 6.07) is 139. The molecule has 6 nitrogen and oxygen atoms in total. The number of hydrogen-bond donors (Lipinski definition) is 0. The van der Waals surface area contributed by atoms with Crippen LogP contribution in [0.15, 0.2) is 401 Å². The van der Waals surface area contributed by atoms with Gasteiger partial charge in [0.25, 0.3) is 0 Å². The Morgan fingerprint density at radius 1 is 0.245 bits per heavy atom. The molecule has 0 aliphatic rings. The summed E-state index contributed by atoms with van der Waals surface area (Å²) in [5, 5.41) is 10.3. The number of pyridine rings is 1. The first-order valence-corrected chi connectivity index (χ1v) is 35.9. The van der Waals surface area contributed by atoms with Gasteiger partial charge >= 0.3 is 0 Å². The van der Waals surface area contributed by atoms with Crippen LogP contribution >= 0.6 is 0 Å². The van der Waals surface area contributed by atoms with Crippen molar-refractivity contribution < 1.29 is 0 Å². The second-order valence-electron chi connectivity index (χ2n) is 26.9. The van der Waals surface area contributed by atoms with Crippen molar-refractivity contribution in [1.82, 2.24) is 14.1 Å². The quantitative estimate of drug-likeness (QED) is 0.0804. The van der Waals surface area contributed by atoms with Crippen molar-refractivity contribution in [3.63, 3.8) is 0 Å². The molecule has 0 amide bonds. The molecule has 106 heavy (non-hydrogen) atoms. The van der Waals surface area contributed by atoms with Crippen LogP contribution in [-0.4, -0.2) is 14.1 Å². The monoisotopic (exact) mass is 1350 g/mol. The van der Waals surface area contributed by atoms with Crippen LogP contribution in [0.4, 0.5) is 39.8 Å². The Labute approximate surface area is 615 Å². The van der Waals surface area contributed by atoms with E-state index >= 15 is 0 Å². The van der Waals surface area contributed by atoms with Gasteiger partial charge in [0.1, 0.15) is 0 Å². The molecule has 3 aromatic heterocycles. The number of nitrogens with zero attached hydrogens (tertiary/aromatic N) is 6. The summed E-state index contributed by atoms with van der Waals surface area (Å²) in [5.74, 6) is 0. The molecule has 3 heterocycles. The molecular weight excluding hydrogens is 1290 g/mol. The van der Waals surface area contributed by atoms with Crippen LogP contribution in [0.5, 0.6) is 0 Å². The number of anilines is 6. The Hall–Kier alpha value is -14.4. The molecule has 0 atom stereocenters. The van der Waals surface area contributed by atoms with E-state index in [0.717, 1.165) is 56.4 Å². The average molecular weight is 1350 g/mol. The Morgan fingerprint density at radius 2 is 0.604 bits per heavy atom. The first-order chi connectivity index (χ1) is 52.5. The Kier molecular flexibility index (Phi) is 15.9. The standard InChI is InChI=1S/C55H37N3.C45H29N3/c1-4-12-38(13-5-1)44-34-45(39-14-6-2-7-15-39)36-49(35-44)57(48-19-11-33-56-37-48)47-28-25-41(26-29-47)40-21-23-42(24-22-40)50-31-32-53-55-51(50)30-27-43-16-10-20-52(54(43)55)58(53)46-17-8-3-9-18-46;1-46-35-22-26-39(27-23-35)47(36-10-4-2-5-11-36)38-24-19-32(20-25-38)31-15-17-33(18-16-31)40-29-30-43-45-41(40)28-21-34-9-8-14-42(44(34)45)48(43)37-12-6-3-7-13-37/h1-37H;2-30H. The molecule has 0 unspecified atom stereocenters. The second kappa shape index (κ2) is 26.9. The van der Waals surface area contributed by atoms with E-state index < -0.39 is 0 Å². The van der Waals surface area contributed by atoms with E-state index in [9.17, 15) is 0 Å². The molecular formula is C100H66N6. The third kappa shape index (κ3) is 11.3. The van der Waals surface area contributed by atoms with Gasteiger partial charge < -0.3 is 18.9 Å². The van der Waals surface area contributed by atoms with E-state index in [1.54, 1.807) is 0 Å². The molecule has 0 N–H and O–H groups in total. The minimum atomic E-state index is 0.634.